The Morgan fingerprint density at radius 2 is 2.31 bits per heavy atom. The van der Waals surface area contributed by atoms with Crippen molar-refractivity contribution >= 4 is 5.91 Å². The monoisotopic (exact) mass is 226 g/mol. The Kier molecular flexibility index (Phi) is 4.18. The van der Waals surface area contributed by atoms with E-state index in [-0.39, 0.29) is 12.0 Å². The molecule has 2 aliphatic heterocycles. The molecule has 2 atom stereocenters. The van der Waals surface area contributed by atoms with Crippen molar-refractivity contribution in [2.45, 2.75) is 38.2 Å². The molecule has 4 nitrogen and oxygen atoms in total. The molecule has 0 aromatic rings. The summed E-state index contributed by atoms with van der Waals surface area (Å²) in [4.78, 5) is 13.6. The first-order valence-electron chi connectivity index (χ1n) is 6.42. The lowest BCUT2D eigenvalue weighted by atomic mass is 9.94. The van der Waals surface area contributed by atoms with E-state index in [0.717, 1.165) is 32.5 Å². The van der Waals surface area contributed by atoms with Crippen LogP contribution in [-0.4, -0.2) is 48.2 Å². The third kappa shape index (κ3) is 3.19. The molecular formula is C12H22N2O2. The molecule has 2 fully saturated rings. The number of rotatable bonds is 3. The molecule has 0 spiro atoms. The topological polar surface area (TPSA) is 52.6 Å². The van der Waals surface area contributed by atoms with Crippen LogP contribution in [0, 0.1) is 5.92 Å². The SMILES string of the molecule is O=C(CCC1CCCNC1)N1CCC(O)C1. The molecule has 16 heavy (non-hydrogen) atoms. The summed E-state index contributed by atoms with van der Waals surface area (Å²) in [5.41, 5.74) is 0. The van der Waals surface area contributed by atoms with E-state index in [1.807, 2.05) is 0 Å². The number of β-amino-alcohol motifs (C(OH)–C–C–N with tert-alkyl or cyclic N) is 1. The smallest absolute Gasteiger partial charge is 0.222 e. The van der Waals surface area contributed by atoms with Crippen molar-refractivity contribution in [3.8, 4) is 0 Å². The number of carbonyl (C=O) groups is 1. The Balaban J connectivity index is 1.67. The van der Waals surface area contributed by atoms with Crippen LogP contribution < -0.4 is 5.32 Å². The molecule has 0 aromatic heterocycles. The van der Waals surface area contributed by atoms with Crippen LogP contribution in [0.25, 0.3) is 0 Å². The Morgan fingerprint density at radius 1 is 1.44 bits per heavy atom. The van der Waals surface area contributed by atoms with Gasteiger partial charge in [-0.3, -0.25) is 4.79 Å². The Labute approximate surface area is 97.0 Å². The normalized spacial score (nSPS) is 30.7. The van der Waals surface area contributed by atoms with Crippen molar-refractivity contribution in [1.82, 2.24) is 10.2 Å². The summed E-state index contributed by atoms with van der Waals surface area (Å²) in [5.74, 6) is 0.896. The van der Waals surface area contributed by atoms with E-state index in [4.69, 9.17) is 0 Å². The maximum Gasteiger partial charge on any atom is 0.222 e. The van der Waals surface area contributed by atoms with E-state index in [1.165, 1.54) is 12.8 Å². The summed E-state index contributed by atoms with van der Waals surface area (Å²) in [6.45, 7) is 3.48. The van der Waals surface area contributed by atoms with E-state index in [0.29, 0.717) is 18.9 Å². The summed E-state index contributed by atoms with van der Waals surface area (Å²) in [6.07, 6.45) is 4.60. The fourth-order valence-electron chi connectivity index (χ4n) is 2.62. The predicted octanol–water partition coefficient (Wildman–Crippen LogP) is 0.359. The zero-order valence-corrected chi connectivity index (χ0v) is 9.82. The van der Waals surface area contributed by atoms with Gasteiger partial charge in [0.15, 0.2) is 0 Å². The lowest BCUT2D eigenvalue weighted by Crippen LogP contribution is -2.32. The van der Waals surface area contributed by atoms with Gasteiger partial charge in [0.05, 0.1) is 6.10 Å². The van der Waals surface area contributed by atoms with Crippen LogP contribution in [0.5, 0.6) is 0 Å². The molecule has 0 aliphatic carbocycles. The lowest BCUT2D eigenvalue weighted by molar-refractivity contribution is -0.130. The molecule has 2 saturated heterocycles. The average Bonchev–Trinajstić information content (AvgIpc) is 2.74. The van der Waals surface area contributed by atoms with E-state index in [9.17, 15) is 9.90 Å². The summed E-state index contributed by atoms with van der Waals surface area (Å²) in [7, 11) is 0. The number of piperidine rings is 1. The number of nitrogens with one attached hydrogen (secondary N) is 1. The molecule has 2 heterocycles. The molecule has 2 aliphatic rings. The van der Waals surface area contributed by atoms with Gasteiger partial charge in [0.1, 0.15) is 0 Å². The largest absolute Gasteiger partial charge is 0.391 e. The minimum atomic E-state index is -0.291. The first-order valence-corrected chi connectivity index (χ1v) is 6.42. The summed E-state index contributed by atoms with van der Waals surface area (Å²) < 4.78 is 0. The van der Waals surface area contributed by atoms with Crippen molar-refractivity contribution in [1.29, 1.82) is 0 Å². The molecule has 2 rings (SSSR count). The maximum absolute atomic E-state index is 11.8. The van der Waals surface area contributed by atoms with Gasteiger partial charge >= 0.3 is 0 Å². The van der Waals surface area contributed by atoms with E-state index < -0.39 is 0 Å². The molecule has 1 amide bonds. The molecule has 2 N–H and O–H groups in total. The predicted molar refractivity (Wildman–Crippen MR) is 62.0 cm³/mol. The second kappa shape index (κ2) is 5.64. The summed E-state index contributed by atoms with van der Waals surface area (Å²) in [5, 5.41) is 12.7. The Hall–Kier alpha value is -0.610. The van der Waals surface area contributed by atoms with Gasteiger partial charge in [-0.15, -0.1) is 0 Å². The van der Waals surface area contributed by atoms with E-state index >= 15 is 0 Å². The fraction of sp³-hybridized carbons (Fsp3) is 0.917. The number of aliphatic hydroxyl groups is 1. The number of amides is 1. The van der Waals surface area contributed by atoms with E-state index in [2.05, 4.69) is 5.32 Å². The number of hydrogen-bond donors (Lipinski definition) is 2. The second-order valence-electron chi connectivity index (χ2n) is 5.03. The van der Waals surface area contributed by atoms with Crippen molar-refractivity contribution in [2.24, 2.45) is 5.92 Å². The van der Waals surface area contributed by atoms with Crippen LogP contribution in [0.1, 0.15) is 32.1 Å². The van der Waals surface area contributed by atoms with Crippen LogP contribution >= 0.6 is 0 Å². The first kappa shape index (κ1) is 11.9. The Bertz CT molecular complexity index is 239. The summed E-state index contributed by atoms with van der Waals surface area (Å²) in [6, 6.07) is 0. The number of likely N-dealkylation sites (tertiary alicyclic amines) is 1. The van der Waals surface area contributed by atoms with Gasteiger partial charge in [-0.2, -0.15) is 0 Å². The van der Waals surface area contributed by atoms with Gasteiger partial charge in [-0.25, -0.2) is 0 Å². The third-order valence-corrected chi connectivity index (χ3v) is 3.68. The van der Waals surface area contributed by atoms with E-state index in [1.54, 1.807) is 4.90 Å². The van der Waals surface area contributed by atoms with Crippen LogP contribution in [0.4, 0.5) is 0 Å². The van der Waals surface area contributed by atoms with Crippen molar-refractivity contribution in [2.75, 3.05) is 26.2 Å². The highest BCUT2D eigenvalue weighted by atomic mass is 16.3. The van der Waals surface area contributed by atoms with Crippen LogP contribution in [0.3, 0.4) is 0 Å². The van der Waals surface area contributed by atoms with Crippen molar-refractivity contribution < 1.29 is 9.90 Å². The Morgan fingerprint density at radius 3 is 2.94 bits per heavy atom. The van der Waals surface area contributed by atoms with Crippen LogP contribution in [-0.2, 0) is 4.79 Å². The number of aliphatic hydroxyl groups excluding tert-OH is 1. The van der Waals surface area contributed by atoms with Gasteiger partial charge in [-0.05, 0) is 44.7 Å². The molecule has 0 bridgehead atoms. The number of nitrogens with zero attached hydrogens (tertiary/aromatic N) is 1. The maximum atomic E-state index is 11.8. The summed E-state index contributed by atoms with van der Waals surface area (Å²) >= 11 is 0. The number of carbonyl (C=O) groups excluding carboxylic acids is 1. The average molecular weight is 226 g/mol. The van der Waals surface area contributed by atoms with Crippen LogP contribution in [0.2, 0.25) is 0 Å². The zero-order chi connectivity index (χ0) is 11.4. The highest BCUT2D eigenvalue weighted by Gasteiger charge is 2.24. The molecule has 92 valence electrons. The highest BCUT2D eigenvalue weighted by Crippen LogP contribution is 2.18. The molecule has 0 aromatic carbocycles. The first-order chi connectivity index (χ1) is 7.75. The molecular weight excluding hydrogens is 204 g/mol. The zero-order valence-electron chi connectivity index (χ0n) is 9.82. The lowest BCUT2D eigenvalue weighted by Gasteiger charge is -2.23. The number of hydrogen-bond acceptors (Lipinski definition) is 3. The minimum Gasteiger partial charge on any atom is -0.391 e. The van der Waals surface area contributed by atoms with Crippen molar-refractivity contribution in [3.05, 3.63) is 0 Å². The quantitative estimate of drug-likeness (QED) is 0.730. The van der Waals surface area contributed by atoms with Gasteiger partial charge in [0.25, 0.3) is 0 Å². The standard InChI is InChI=1S/C12H22N2O2/c15-11-5-7-14(9-11)12(16)4-3-10-2-1-6-13-8-10/h10-11,13,15H,1-9H2. The third-order valence-electron chi connectivity index (χ3n) is 3.68. The van der Waals surface area contributed by atoms with Crippen molar-refractivity contribution in [3.63, 3.8) is 0 Å². The second-order valence-corrected chi connectivity index (χ2v) is 5.03. The fourth-order valence-corrected chi connectivity index (χ4v) is 2.62. The van der Waals surface area contributed by atoms with Gasteiger partial charge in [0.2, 0.25) is 5.91 Å². The molecule has 2 unspecified atom stereocenters. The minimum absolute atomic E-state index is 0.224. The van der Waals surface area contributed by atoms with Gasteiger partial charge in [-0.1, -0.05) is 0 Å². The van der Waals surface area contributed by atoms with Gasteiger partial charge < -0.3 is 15.3 Å². The van der Waals surface area contributed by atoms with Gasteiger partial charge in [0, 0.05) is 19.5 Å². The molecule has 0 saturated carbocycles. The highest BCUT2D eigenvalue weighted by molar-refractivity contribution is 5.76. The molecule has 4 heteroatoms. The molecule has 0 radical (unpaired) electrons. The van der Waals surface area contributed by atoms with Crippen LogP contribution in [0.15, 0.2) is 0 Å².